The van der Waals surface area contributed by atoms with Crippen molar-refractivity contribution in [1.82, 2.24) is 16.0 Å². The number of furan rings is 1. The molecule has 6 rings (SSSR count). The first-order valence-corrected chi connectivity index (χ1v) is 11.5. The SMILES string of the molecule is C[C@H](N[C@@H](c1ccccc1)c1ccco1)C(=O)NC(=O)NC12CC3CC(CC(C3)C1)C2. The van der Waals surface area contributed by atoms with Crippen molar-refractivity contribution in [3.8, 4) is 0 Å². The van der Waals surface area contributed by atoms with E-state index in [1.807, 2.05) is 42.5 Å². The number of amides is 3. The molecule has 0 spiro atoms. The van der Waals surface area contributed by atoms with Crippen LogP contribution < -0.4 is 16.0 Å². The standard InChI is InChI=1S/C25H31N3O3/c1-16(26-22(21-8-5-9-31-21)20-6-3-2-4-7-20)23(29)27-24(30)28-25-13-17-10-18(14-25)12-19(11-17)15-25/h2-9,16-19,22,26H,10-15H2,1H3,(H2,27,28,29,30)/t16-,17?,18?,19?,22-,25?/m0/s1. The third kappa shape index (κ3) is 4.26. The zero-order valence-electron chi connectivity index (χ0n) is 18.0. The molecular weight excluding hydrogens is 390 g/mol. The van der Waals surface area contributed by atoms with E-state index in [9.17, 15) is 9.59 Å². The maximum absolute atomic E-state index is 12.8. The Morgan fingerprint density at radius 3 is 2.19 bits per heavy atom. The van der Waals surface area contributed by atoms with Gasteiger partial charge in [0.25, 0.3) is 0 Å². The summed E-state index contributed by atoms with van der Waals surface area (Å²) < 4.78 is 5.60. The Hall–Kier alpha value is -2.60. The van der Waals surface area contributed by atoms with Crippen LogP contribution in [0.3, 0.4) is 0 Å². The van der Waals surface area contributed by atoms with E-state index in [1.165, 1.54) is 19.3 Å². The van der Waals surface area contributed by atoms with E-state index in [4.69, 9.17) is 4.42 Å². The van der Waals surface area contributed by atoms with E-state index in [2.05, 4.69) is 16.0 Å². The average Bonchev–Trinajstić information content (AvgIpc) is 3.25. The first-order chi connectivity index (χ1) is 15.0. The Bertz CT molecular complexity index is 889. The highest BCUT2D eigenvalue weighted by molar-refractivity contribution is 5.97. The highest BCUT2D eigenvalue weighted by Gasteiger charge is 2.51. The number of nitrogens with one attached hydrogen (secondary N) is 3. The lowest BCUT2D eigenvalue weighted by molar-refractivity contribution is -0.121. The van der Waals surface area contributed by atoms with Gasteiger partial charge in [0.2, 0.25) is 5.91 Å². The number of benzene rings is 1. The molecule has 0 saturated heterocycles. The lowest BCUT2D eigenvalue weighted by Crippen LogP contribution is -2.62. The molecule has 0 aliphatic heterocycles. The van der Waals surface area contributed by atoms with E-state index >= 15 is 0 Å². The van der Waals surface area contributed by atoms with Gasteiger partial charge in [0.05, 0.1) is 18.3 Å². The maximum Gasteiger partial charge on any atom is 0.321 e. The molecule has 4 bridgehead atoms. The molecule has 1 aromatic carbocycles. The summed E-state index contributed by atoms with van der Waals surface area (Å²) in [7, 11) is 0. The van der Waals surface area contributed by atoms with Gasteiger partial charge in [-0.2, -0.15) is 0 Å². The van der Waals surface area contributed by atoms with E-state index in [0.29, 0.717) is 0 Å². The topological polar surface area (TPSA) is 83.4 Å². The van der Waals surface area contributed by atoms with Crippen LogP contribution in [-0.2, 0) is 4.79 Å². The molecule has 2 aromatic rings. The summed E-state index contributed by atoms with van der Waals surface area (Å²) in [6.45, 7) is 1.77. The molecule has 4 saturated carbocycles. The number of rotatable bonds is 6. The van der Waals surface area contributed by atoms with Gasteiger partial charge >= 0.3 is 6.03 Å². The van der Waals surface area contributed by atoms with Crippen LogP contribution in [0, 0.1) is 17.8 Å². The van der Waals surface area contributed by atoms with E-state index in [1.54, 1.807) is 13.2 Å². The summed E-state index contributed by atoms with van der Waals surface area (Å²) >= 11 is 0. The molecule has 0 unspecified atom stereocenters. The number of imide groups is 1. The van der Waals surface area contributed by atoms with Gasteiger partial charge in [-0.3, -0.25) is 15.4 Å². The van der Waals surface area contributed by atoms with Crippen LogP contribution in [0.4, 0.5) is 4.79 Å². The molecule has 2 atom stereocenters. The van der Waals surface area contributed by atoms with Gasteiger partial charge < -0.3 is 9.73 Å². The van der Waals surface area contributed by atoms with Gasteiger partial charge in [0.15, 0.2) is 0 Å². The zero-order chi connectivity index (χ0) is 21.4. The minimum absolute atomic E-state index is 0.115. The summed E-state index contributed by atoms with van der Waals surface area (Å²) in [5.41, 5.74) is 0.881. The summed E-state index contributed by atoms with van der Waals surface area (Å²) in [6.07, 6.45) is 8.74. The molecule has 1 aromatic heterocycles. The molecule has 31 heavy (non-hydrogen) atoms. The first-order valence-electron chi connectivity index (χ1n) is 11.5. The van der Waals surface area contributed by atoms with Crippen molar-refractivity contribution >= 4 is 11.9 Å². The van der Waals surface area contributed by atoms with Crippen molar-refractivity contribution in [1.29, 1.82) is 0 Å². The largest absolute Gasteiger partial charge is 0.467 e. The van der Waals surface area contributed by atoms with Gasteiger partial charge in [0, 0.05) is 5.54 Å². The Morgan fingerprint density at radius 2 is 1.61 bits per heavy atom. The maximum atomic E-state index is 12.8. The average molecular weight is 422 g/mol. The van der Waals surface area contributed by atoms with Gasteiger partial charge in [-0.1, -0.05) is 30.3 Å². The predicted octanol–water partition coefficient (Wildman–Crippen LogP) is 4.14. The van der Waals surface area contributed by atoms with Crippen LogP contribution >= 0.6 is 0 Å². The van der Waals surface area contributed by atoms with Gasteiger partial charge in [-0.15, -0.1) is 0 Å². The molecule has 1 heterocycles. The lowest BCUT2D eigenvalue weighted by Gasteiger charge is -2.56. The minimum atomic E-state index is -0.572. The fourth-order valence-corrected chi connectivity index (χ4v) is 6.53. The summed E-state index contributed by atoms with van der Waals surface area (Å²) in [4.78, 5) is 25.5. The molecule has 3 N–H and O–H groups in total. The zero-order valence-corrected chi connectivity index (χ0v) is 18.0. The highest BCUT2D eigenvalue weighted by atomic mass is 16.3. The minimum Gasteiger partial charge on any atom is -0.467 e. The number of carbonyl (C=O) groups excluding carboxylic acids is 2. The van der Waals surface area contributed by atoms with E-state index < -0.39 is 6.04 Å². The molecule has 6 nitrogen and oxygen atoms in total. The van der Waals surface area contributed by atoms with Crippen LogP contribution in [0.25, 0.3) is 0 Å². The van der Waals surface area contributed by atoms with Crippen molar-refractivity contribution in [2.24, 2.45) is 17.8 Å². The summed E-state index contributed by atoms with van der Waals surface area (Å²) in [5, 5.41) is 9.09. The van der Waals surface area contributed by atoms with Crippen molar-refractivity contribution in [2.75, 3.05) is 0 Å². The Kier molecular flexibility index (Phi) is 5.34. The molecule has 3 amide bonds. The molecule has 164 valence electrons. The Labute approximate surface area is 183 Å². The quantitative estimate of drug-likeness (QED) is 0.655. The normalized spacial score (nSPS) is 30.5. The third-order valence-corrected chi connectivity index (χ3v) is 7.42. The number of hydrogen-bond acceptors (Lipinski definition) is 4. The Balaban J connectivity index is 1.21. The fourth-order valence-electron chi connectivity index (χ4n) is 6.53. The van der Waals surface area contributed by atoms with Crippen LogP contribution in [0.15, 0.2) is 53.1 Å². The predicted molar refractivity (Wildman–Crippen MR) is 117 cm³/mol. The van der Waals surface area contributed by atoms with Crippen molar-refractivity contribution < 1.29 is 14.0 Å². The Morgan fingerprint density at radius 1 is 0.968 bits per heavy atom. The van der Waals surface area contributed by atoms with Gasteiger partial charge in [-0.25, -0.2) is 4.79 Å². The van der Waals surface area contributed by atoms with Crippen LogP contribution in [-0.4, -0.2) is 23.5 Å². The second kappa shape index (κ2) is 8.15. The highest BCUT2D eigenvalue weighted by Crippen LogP contribution is 2.55. The molecular formula is C25H31N3O3. The third-order valence-electron chi connectivity index (χ3n) is 7.42. The molecule has 4 fully saturated rings. The summed E-state index contributed by atoms with van der Waals surface area (Å²) in [5.74, 6) is 2.60. The number of carbonyl (C=O) groups is 2. The van der Waals surface area contributed by atoms with Crippen molar-refractivity contribution in [3.63, 3.8) is 0 Å². The van der Waals surface area contributed by atoms with Crippen molar-refractivity contribution in [2.45, 2.75) is 63.1 Å². The molecule has 4 aliphatic rings. The smallest absolute Gasteiger partial charge is 0.321 e. The number of hydrogen-bond donors (Lipinski definition) is 3. The molecule has 0 radical (unpaired) electrons. The van der Waals surface area contributed by atoms with E-state index in [0.717, 1.165) is 48.3 Å². The van der Waals surface area contributed by atoms with Crippen LogP contribution in [0.1, 0.15) is 62.8 Å². The lowest BCUT2D eigenvalue weighted by atomic mass is 9.53. The van der Waals surface area contributed by atoms with Gasteiger partial charge in [0.1, 0.15) is 5.76 Å². The monoisotopic (exact) mass is 421 g/mol. The van der Waals surface area contributed by atoms with E-state index in [-0.39, 0.29) is 23.5 Å². The first kappa shape index (κ1) is 20.3. The second-order valence-corrected chi connectivity index (χ2v) is 9.89. The van der Waals surface area contributed by atoms with Crippen molar-refractivity contribution in [3.05, 3.63) is 60.1 Å². The van der Waals surface area contributed by atoms with Crippen LogP contribution in [0.5, 0.6) is 0 Å². The second-order valence-electron chi connectivity index (χ2n) is 9.89. The molecule has 4 aliphatic carbocycles. The van der Waals surface area contributed by atoms with Crippen LogP contribution in [0.2, 0.25) is 0 Å². The molecule has 6 heteroatoms. The van der Waals surface area contributed by atoms with Gasteiger partial charge in [-0.05, 0) is 80.9 Å². The fraction of sp³-hybridized carbons (Fsp3) is 0.520. The summed E-state index contributed by atoms with van der Waals surface area (Å²) in [6, 6.07) is 12.3. The number of urea groups is 1.